The van der Waals surface area contributed by atoms with Crippen LogP contribution in [0.4, 0.5) is 0 Å². The number of carbonyl (C=O) groups excluding carboxylic acids is 1. The summed E-state index contributed by atoms with van der Waals surface area (Å²) in [5.41, 5.74) is 2.32. The van der Waals surface area contributed by atoms with Crippen LogP contribution in [0.15, 0.2) is 77.1 Å². The number of halogens is 2. The molecule has 0 saturated heterocycles. The lowest BCUT2D eigenvalue weighted by atomic mass is 10.2. The van der Waals surface area contributed by atoms with Crippen LogP contribution in [0.25, 0.3) is 0 Å². The average molecular weight is 415 g/mol. The van der Waals surface area contributed by atoms with Crippen LogP contribution in [0.2, 0.25) is 10.2 Å². The molecule has 2 heterocycles. The van der Waals surface area contributed by atoms with Crippen molar-refractivity contribution in [2.45, 2.75) is 13.2 Å². The highest BCUT2D eigenvalue weighted by molar-refractivity contribution is 6.30. The molecule has 3 aromatic rings. The summed E-state index contributed by atoms with van der Waals surface area (Å²) in [4.78, 5) is 25.3. The summed E-state index contributed by atoms with van der Waals surface area (Å²) in [6.45, 7) is 0.733. The van der Waals surface area contributed by atoms with Crippen molar-refractivity contribution in [3.63, 3.8) is 0 Å². The van der Waals surface area contributed by atoms with Crippen molar-refractivity contribution in [2.24, 2.45) is 10.1 Å². The molecular formula is C20H16Cl2N4O2. The fourth-order valence-corrected chi connectivity index (χ4v) is 2.55. The van der Waals surface area contributed by atoms with Gasteiger partial charge in [-0.05, 0) is 41.5 Å². The predicted octanol–water partition coefficient (Wildman–Crippen LogP) is 3.87. The second-order valence-electron chi connectivity index (χ2n) is 5.76. The Morgan fingerprint density at radius 2 is 1.86 bits per heavy atom. The molecule has 1 amide bonds. The van der Waals surface area contributed by atoms with Gasteiger partial charge in [0.1, 0.15) is 23.5 Å². The van der Waals surface area contributed by atoms with Gasteiger partial charge in [-0.15, -0.1) is 0 Å². The molecule has 1 aromatic carbocycles. The Morgan fingerprint density at radius 1 is 1.07 bits per heavy atom. The second kappa shape index (κ2) is 9.82. The maximum atomic E-state index is 12.1. The van der Waals surface area contributed by atoms with Crippen LogP contribution in [-0.4, -0.2) is 21.7 Å². The molecule has 2 aromatic heterocycles. The highest BCUT2D eigenvalue weighted by atomic mass is 35.5. The summed E-state index contributed by atoms with van der Waals surface area (Å²) in [7, 11) is 0. The Hall–Kier alpha value is -2.96. The van der Waals surface area contributed by atoms with E-state index in [4.69, 9.17) is 28.0 Å². The molecule has 0 N–H and O–H groups in total. The van der Waals surface area contributed by atoms with Gasteiger partial charge in [0, 0.05) is 17.4 Å². The highest BCUT2D eigenvalue weighted by Gasteiger charge is 2.00. The van der Waals surface area contributed by atoms with E-state index in [2.05, 4.69) is 15.1 Å². The first-order valence-electron chi connectivity index (χ1n) is 8.34. The molecule has 28 heavy (non-hydrogen) atoms. The lowest BCUT2D eigenvalue weighted by molar-refractivity contribution is -0.111. The van der Waals surface area contributed by atoms with Crippen LogP contribution in [-0.2, 0) is 22.8 Å². The zero-order valence-corrected chi connectivity index (χ0v) is 16.2. The quantitative estimate of drug-likeness (QED) is 0.349. The molecule has 0 spiro atoms. The number of aromatic nitrogens is 2. The van der Waals surface area contributed by atoms with Crippen LogP contribution in [0.3, 0.4) is 0 Å². The van der Waals surface area contributed by atoms with Crippen LogP contribution >= 0.6 is 23.2 Å². The van der Waals surface area contributed by atoms with Gasteiger partial charge in [-0.1, -0.05) is 52.6 Å². The number of amides is 1. The largest absolute Gasteiger partial charge is 0.391 e. The van der Waals surface area contributed by atoms with E-state index < -0.39 is 5.91 Å². The van der Waals surface area contributed by atoms with Gasteiger partial charge in [-0.25, -0.2) is 4.98 Å². The van der Waals surface area contributed by atoms with E-state index in [0.29, 0.717) is 22.2 Å². The maximum Gasteiger partial charge on any atom is 0.293 e. The Balaban J connectivity index is 1.64. The monoisotopic (exact) mass is 414 g/mol. The number of hydrogen-bond donors (Lipinski definition) is 0. The standard InChI is InChI=1S/C20H16Cl2N4O2/c21-17-7-4-15(5-8-17)14-28-24-12-20(27)25-19-3-1-2-10-26(19)13-16-6-9-18(22)23-11-16/h1-12H,13-14H2/b24-12+,25-19?. The summed E-state index contributed by atoms with van der Waals surface area (Å²) >= 11 is 11.6. The highest BCUT2D eigenvalue weighted by Crippen LogP contribution is 2.10. The molecule has 0 aliphatic heterocycles. The summed E-state index contributed by atoms with van der Waals surface area (Å²) in [6.07, 6.45) is 4.55. The normalized spacial score (nSPS) is 11.7. The molecule has 0 radical (unpaired) electrons. The summed E-state index contributed by atoms with van der Waals surface area (Å²) < 4.78 is 1.82. The van der Waals surface area contributed by atoms with E-state index in [1.165, 1.54) is 0 Å². The third kappa shape index (κ3) is 6.04. The third-order valence-electron chi connectivity index (χ3n) is 3.67. The maximum absolute atomic E-state index is 12.1. The molecule has 0 aliphatic carbocycles. The van der Waals surface area contributed by atoms with Gasteiger partial charge in [0.15, 0.2) is 0 Å². The van der Waals surface area contributed by atoms with Crippen molar-refractivity contribution < 1.29 is 9.63 Å². The van der Waals surface area contributed by atoms with Gasteiger partial charge < -0.3 is 9.40 Å². The predicted molar refractivity (Wildman–Crippen MR) is 108 cm³/mol. The first-order chi connectivity index (χ1) is 13.6. The molecule has 0 fully saturated rings. The van der Waals surface area contributed by atoms with Crippen LogP contribution < -0.4 is 5.49 Å². The molecule has 0 bridgehead atoms. The van der Waals surface area contributed by atoms with Crippen molar-refractivity contribution in [3.05, 3.63) is 93.8 Å². The molecule has 0 saturated carbocycles. The number of rotatable bonds is 6. The molecular weight excluding hydrogens is 399 g/mol. The zero-order chi connectivity index (χ0) is 19.8. The number of hydrogen-bond acceptors (Lipinski definition) is 4. The molecule has 3 rings (SSSR count). The van der Waals surface area contributed by atoms with E-state index in [-0.39, 0.29) is 6.61 Å². The van der Waals surface area contributed by atoms with Crippen molar-refractivity contribution in [3.8, 4) is 0 Å². The van der Waals surface area contributed by atoms with Gasteiger partial charge in [0.05, 0.1) is 6.54 Å². The van der Waals surface area contributed by atoms with E-state index in [1.807, 2.05) is 35.0 Å². The van der Waals surface area contributed by atoms with Gasteiger partial charge in [0.25, 0.3) is 5.91 Å². The number of nitrogens with zero attached hydrogens (tertiary/aromatic N) is 4. The SMILES string of the molecule is O=C(/C=N/OCc1ccc(Cl)cc1)N=c1ccccn1Cc1ccc(Cl)nc1. The van der Waals surface area contributed by atoms with E-state index in [1.54, 1.807) is 36.5 Å². The molecule has 0 unspecified atom stereocenters. The minimum atomic E-state index is -0.523. The third-order valence-corrected chi connectivity index (χ3v) is 4.14. The number of pyridine rings is 2. The van der Waals surface area contributed by atoms with E-state index in [0.717, 1.165) is 17.3 Å². The van der Waals surface area contributed by atoms with Gasteiger partial charge in [0.2, 0.25) is 0 Å². The molecule has 142 valence electrons. The first-order valence-corrected chi connectivity index (χ1v) is 9.10. The number of carbonyl (C=O) groups is 1. The molecule has 8 heteroatoms. The summed E-state index contributed by atoms with van der Waals surface area (Å²) in [6, 6.07) is 16.1. The van der Waals surface area contributed by atoms with Crippen molar-refractivity contribution in [2.75, 3.05) is 0 Å². The topological polar surface area (TPSA) is 68.8 Å². The van der Waals surface area contributed by atoms with E-state index >= 15 is 0 Å². The average Bonchev–Trinajstić information content (AvgIpc) is 2.70. The first kappa shape index (κ1) is 19.8. The van der Waals surface area contributed by atoms with Gasteiger partial charge >= 0.3 is 0 Å². The Kier molecular flexibility index (Phi) is 6.94. The number of oxime groups is 1. The van der Waals surface area contributed by atoms with Crippen LogP contribution in [0, 0.1) is 0 Å². The Morgan fingerprint density at radius 3 is 2.61 bits per heavy atom. The van der Waals surface area contributed by atoms with Crippen molar-refractivity contribution >= 4 is 35.3 Å². The minimum absolute atomic E-state index is 0.232. The summed E-state index contributed by atoms with van der Waals surface area (Å²) in [5, 5.41) is 4.75. The Bertz CT molecular complexity index is 1030. The van der Waals surface area contributed by atoms with Crippen LogP contribution in [0.1, 0.15) is 11.1 Å². The van der Waals surface area contributed by atoms with E-state index in [9.17, 15) is 4.79 Å². The Labute approximate surface area is 171 Å². The molecule has 6 nitrogen and oxygen atoms in total. The fraction of sp³-hybridized carbons (Fsp3) is 0.100. The lowest BCUT2D eigenvalue weighted by Crippen LogP contribution is -2.22. The minimum Gasteiger partial charge on any atom is -0.391 e. The van der Waals surface area contributed by atoms with Crippen molar-refractivity contribution in [1.82, 2.24) is 9.55 Å². The van der Waals surface area contributed by atoms with Gasteiger partial charge in [-0.2, -0.15) is 4.99 Å². The fourth-order valence-electron chi connectivity index (χ4n) is 2.32. The van der Waals surface area contributed by atoms with Crippen LogP contribution in [0.5, 0.6) is 0 Å². The summed E-state index contributed by atoms with van der Waals surface area (Å²) in [5.74, 6) is -0.523. The van der Waals surface area contributed by atoms with Crippen molar-refractivity contribution in [1.29, 1.82) is 0 Å². The smallest absolute Gasteiger partial charge is 0.293 e. The zero-order valence-electron chi connectivity index (χ0n) is 14.7. The lowest BCUT2D eigenvalue weighted by Gasteiger charge is -2.06. The number of benzene rings is 1. The molecule has 0 atom stereocenters. The second-order valence-corrected chi connectivity index (χ2v) is 6.58. The van der Waals surface area contributed by atoms with Gasteiger partial charge in [-0.3, -0.25) is 4.79 Å². The molecule has 0 aliphatic rings.